The third-order valence-electron chi connectivity index (χ3n) is 3.89. The summed E-state index contributed by atoms with van der Waals surface area (Å²) in [6, 6.07) is 6.24. The van der Waals surface area contributed by atoms with Gasteiger partial charge in [0.2, 0.25) is 11.7 Å². The van der Waals surface area contributed by atoms with E-state index in [-0.39, 0.29) is 6.04 Å². The molecule has 1 atom stereocenters. The number of hydrogen-bond donors (Lipinski definition) is 0. The third-order valence-corrected chi connectivity index (χ3v) is 4.75. The van der Waals surface area contributed by atoms with Crippen LogP contribution in [0.25, 0.3) is 10.7 Å². The lowest BCUT2D eigenvalue weighted by atomic mass is 10.1. The largest absolute Gasteiger partial charge is 0.359 e. The summed E-state index contributed by atoms with van der Waals surface area (Å²) in [5, 5.41) is 10.1. The molecule has 0 amide bonds. The van der Waals surface area contributed by atoms with Crippen molar-refractivity contribution < 1.29 is 9.05 Å². The molecule has 1 aliphatic rings. The lowest BCUT2D eigenvalue weighted by molar-refractivity contribution is 0.183. The maximum absolute atomic E-state index is 5.42. The summed E-state index contributed by atoms with van der Waals surface area (Å²) in [5.74, 6) is 2.23. The molecule has 3 aromatic heterocycles. The molecule has 1 aliphatic heterocycles. The molecule has 4 rings (SSSR count). The SMILES string of the molecule is Cc1cc([C@H]2CCCN2Cc2nc(-c3cccs3)no2)on1. The first-order chi connectivity index (χ1) is 10.8. The van der Waals surface area contributed by atoms with Crippen molar-refractivity contribution in [3.8, 4) is 10.7 Å². The smallest absolute Gasteiger partial charge is 0.241 e. The molecular formula is C15H16N4O2S. The van der Waals surface area contributed by atoms with Gasteiger partial charge in [0, 0.05) is 6.07 Å². The van der Waals surface area contributed by atoms with E-state index in [1.165, 1.54) is 0 Å². The average molecular weight is 316 g/mol. The molecule has 0 saturated carbocycles. The number of likely N-dealkylation sites (tertiary alicyclic amines) is 1. The van der Waals surface area contributed by atoms with Gasteiger partial charge in [-0.2, -0.15) is 4.98 Å². The van der Waals surface area contributed by atoms with E-state index < -0.39 is 0 Å². The maximum atomic E-state index is 5.42. The Morgan fingerprint density at radius 1 is 1.36 bits per heavy atom. The van der Waals surface area contributed by atoms with Gasteiger partial charge in [0.05, 0.1) is 23.2 Å². The van der Waals surface area contributed by atoms with E-state index in [0.717, 1.165) is 35.7 Å². The zero-order valence-electron chi connectivity index (χ0n) is 12.2. The van der Waals surface area contributed by atoms with E-state index in [9.17, 15) is 0 Å². The van der Waals surface area contributed by atoms with Crippen LogP contribution in [-0.2, 0) is 6.54 Å². The molecule has 1 fully saturated rings. The number of aryl methyl sites for hydroxylation is 1. The molecule has 6 nitrogen and oxygen atoms in total. The molecule has 1 saturated heterocycles. The number of rotatable bonds is 4. The minimum absolute atomic E-state index is 0.248. The van der Waals surface area contributed by atoms with Crippen molar-refractivity contribution in [2.24, 2.45) is 0 Å². The molecule has 0 aliphatic carbocycles. The molecule has 0 radical (unpaired) electrons. The highest BCUT2D eigenvalue weighted by Crippen LogP contribution is 2.33. The molecule has 22 heavy (non-hydrogen) atoms. The number of thiophene rings is 1. The van der Waals surface area contributed by atoms with Crippen molar-refractivity contribution in [3.63, 3.8) is 0 Å². The number of hydrogen-bond acceptors (Lipinski definition) is 7. The van der Waals surface area contributed by atoms with Crippen LogP contribution in [0, 0.1) is 6.92 Å². The second-order valence-electron chi connectivity index (χ2n) is 5.49. The summed E-state index contributed by atoms with van der Waals surface area (Å²) in [6.07, 6.45) is 2.21. The van der Waals surface area contributed by atoms with E-state index in [1.807, 2.05) is 30.5 Å². The van der Waals surface area contributed by atoms with Gasteiger partial charge in [-0.05, 0) is 37.8 Å². The van der Waals surface area contributed by atoms with Crippen LogP contribution in [0.2, 0.25) is 0 Å². The Labute approximate surface area is 131 Å². The Balaban J connectivity index is 1.50. The fraction of sp³-hybridized carbons (Fsp3) is 0.400. The van der Waals surface area contributed by atoms with Crippen LogP contribution in [0.1, 0.15) is 36.2 Å². The molecule has 0 bridgehead atoms. The van der Waals surface area contributed by atoms with Gasteiger partial charge >= 0.3 is 0 Å². The van der Waals surface area contributed by atoms with Crippen LogP contribution in [0.3, 0.4) is 0 Å². The van der Waals surface area contributed by atoms with E-state index in [0.29, 0.717) is 18.3 Å². The quantitative estimate of drug-likeness (QED) is 0.734. The lowest BCUT2D eigenvalue weighted by Gasteiger charge is -2.19. The highest BCUT2D eigenvalue weighted by Gasteiger charge is 2.30. The van der Waals surface area contributed by atoms with Gasteiger partial charge in [-0.3, -0.25) is 4.90 Å². The van der Waals surface area contributed by atoms with Gasteiger partial charge in [-0.15, -0.1) is 11.3 Å². The Kier molecular flexibility index (Phi) is 3.51. The van der Waals surface area contributed by atoms with Crippen molar-refractivity contribution in [1.82, 2.24) is 20.2 Å². The Bertz CT molecular complexity index is 749. The summed E-state index contributed by atoms with van der Waals surface area (Å²) in [7, 11) is 0. The van der Waals surface area contributed by atoms with E-state index >= 15 is 0 Å². The fourth-order valence-corrected chi connectivity index (χ4v) is 3.53. The van der Waals surface area contributed by atoms with Crippen molar-refractivity contribution in [2.45, 2.75) is 32.4 Å². The van der Waals surface area contributed by atoms with Crippen LogP contribution < -0.4 is 0 Å². The van der Waals surface area contributed by atoms with Gasteiger partial charge in [0.1, 0.15) is 0 Å². The second kappa shape index (κ2) is 5.66. The van der Waals surface area contributed by atoms with Crippen LogP contribution in [0.5, 0.6) is 0 Å². The second-order valence-corrected chi connectivity index (χ2v) is 6.44. The minimum atomic E-state index is 0.248. The lowest BCUT2D eigenvalue weighted by Crippen LogP contribution is -2.22. The molecule has 0 unspecified atom stereocenters. The van der Waals surface area contributed by atoms with Gasteiger partial charge in [-0.25, -0.2) is 0 Å². The van der Waals surface area contributed by atoms with Gasteiger partial charge < -0.3 is 9.05 Å². The molecular weight excluding hydrogens is 300 g/mol. The fourth-order valence-electron chi connectivity index (χ4n) is 2.88. The number of aromatic nitrogens is 3. The van der Waals surface area contributed by atoms with Crippen LogP contribution in [-0.4, -0.2) is 26.7 Å². The Hall–Kier alpha value is -1.99. The minimum Gasteiger partial charge on any atom is -0.359 e. The average Bonchev–Trinajstić information content (AvgIpc) is 3.26. The summed E-state index contributed by atoms with van der Waals surface area (Å²) in [5.41, 5.74) is 0.916. The summed E-state index contributed by atoms with van der Waals surface area (Å²) >= 11 is 1.61. The molecule has 0 aromatic carbocycles. The molecule has 3 aromatic rings. The third kappa shape index (κ3) is 2.57. The van der Waals surface area contributed by atoms with Crippen LogP contribution in [0.15, 0.2) is 32.6 Å². The monoisotopic (exact) mass is 316 g/mol. The van der Waals surface area contributed by atoms with E-state index in [1.54, 1.807) is 11.3 Å². The van der Waals surface area contributed by atoms with Gasteiger partial charge in [0.25, 0.3) is 0 Å². The first-order valence-electron chi connectivity index (χ1n) is 7.33. The zero-order chi connectivity index (χ0) is 14.9. The highest BCUT2D eigenvalue weighted by atomic mass is 32.1. The summed E-state index contributed by atoms with van der Waals surface area (Å²) in [6.45, 7) is 3.58. The van der Waals surface area contributed by atoms with E-state index in [2.05, 4.69) is 20.2 Å². The van der Waals surface area contributed by atoms with E-state index in [4.69, 9.17) is 9.05 Å². The van der Waals surface area contributed by atoms with Gasteiger partial charge in [0.15, 0.2) is 5.76 Å². The number of nitrogens with zero attached hydrogens (tertiary/aromatic N) is 4. The predicted octanol–water partition coefficient (Wildman–Crippen LogP) is 3.43. The zero-order valence-corrected chi connectivity index (χ0v) is 13.0. The summed E-state index contributed by atoms with van der Waals surface area (Å²) in [4.78, 5) is 7.83. The molecule has 0 spiro atoms. The molecule has 4 heterocycles. The Morgan fingerprint density at radius 3 is 3.09 bits per heavy atom. The van der Waals surface area contributed by atoms with Gasteiger partial charge in [-0.1, -0.05) is 16.4 Å². The topological polar surface area (TPSA) is 68.2 Å². The first kappa shape index (κ1) is 13.7. The van der Waals surface area contributed by atoms with Crippen LogP contribution >= 0.6 is 11.3 Å². The standard InChI is InChI=1S/C15H16N4O2S/c1-10-8-12(20-17-10)11-4-2-6-19(11)9-14-16-15(18-21-14)13-5-3-7-22-13/h3,5,7-8,11H,2,4,6,9H2,1H3/t11-/m1/s1. The molecule has 0 N–H and O–H groups in total. The normalized spacial score (nSPS) is 19.0. The van der Waals surface area contributed by atoms with Crippen molar-refractivity contribution in [3.05, 3.63) is 40.9 Å². The molecule has 114 valence electrons. The predicted molar refractivity (Wildman–Crippen MR) is 81.2 cm³/mol. The van der Waals surface area contributed by atoms with Crippen LogP contribution in [0.4, 0.5) is 0 Å². The highest BCUT2D eigenvalue weighted by molar-refractivity contribution is 7.13. The maximum Gasteiger partial charge on any atom is 0.241 e. The first-order valence-corrected chi connectivity index (χ1v) is 8.21. The van der Waals surface area contributed by atoms with Crippen molar-refractivity contribution in [2.75, 3.05) is 6.54 Å². The summed E-state index contributed by atoms with van der Waals surface area (Å²) < 4.78 is 10.8. The molecule has 7 heteroatoms. The Morgan fingerprint density at radius 2 is 2.32 bits per heavy atom. The van der Waals surface area contributed by atoms with Crippen molar-refractivity contribution >= 4 is 11.3 Å². The van der Waals surface area contributed by atoms with Crippen molar-refractivity contribution in [1.29, 1.82) is 0 Å².